The molecule has 2 rings (SSSR count). The van der Waals surface area contributed by atoms with E-state index in [1.807, 2.05) is 4.98 Å². The first-order valence-electron chi connectivity index (χ1n) is 7.08. The lowest BCUT2D eigenvalue weighted by Crippen LogP contribution is -2.30. The highest BCUT2D eigenvalue weighted by atomic mass is 19.4. The summed E-state index contributed by atoms with van der Waals surface area (Å²) in [6, 6.07) is 0.609. The molecule has 9 nitrogen and oxygen atoms in total. The van der Waals surface area contributed by atoms with Crippen LogP contribution < -0.4 is 5.32 Å². The minimum absolute atomic E-state index is 0.277. The number of imidazole rings is 1. The summed E-state index contributed by atoms with van der Waals surface area (Å²) in [7, 11) is 0. The fraction of sp³-hybridized carbons (Fsp3) is 0.462. The lowest BCUT2D eigenvalue weighted by Gasteiger charge is -2.25. The largest absolute Gasteiger partial charge is 0.449 e. The van der Waals surface area contributed by atoms with Crippen LogP contribution in [0.5, 0.6) is 0 Å². The van der Waals surface area contributed by atoms with Crippen molar-refractivity contribution in [2.75, 3.05) is 5.32 Å². The maximum Gasteiger partial charge on any atom is 0.449 e. The summed E-state index contributed by atoms with van der Waals surface area (Å²) < 4.78 is 38.8. The second kappa shape index (κ2) is 5.86. The van der Waals surface area contributed by atoms with Crippen molar-refractivity contribution in [2.45, 2.75) is 38.9 Å². The van der Waals surface area contributed by atoms with Crippen molar-refractivity contribution in [1.82, 2.24) is 9.97 Å². The number of nitrogens with one attached hydrogen (secondary N) is 2. The molecule has 0 atom stereocenters. The molecule has 1 aromatic carbocycles. The minimum atomic E-state index is -4.89. The first-order valence-corrected chi connectivity index (χ1v) is 7.08. The molecule has 2 aromatic rings. The Morgan fingerprint density at radius 3 is 2.20 bits per heavy atom. The number of anilines is 1. The topological polar surface area (TPSA) is 127 Å². The molecule has 0 amide bonds. The predicted molar refractivity (Wildman–Crippen MR) is 82.4 cm³/mol. The second-order valence-corrected chi connectivity index (χ2v) is 5.97. The Morgan fingerprint density at radius 2 is 1.76 bits per heavy atom. The summed E-state index contributed by atoms with van der Waals surface area (Å²) in [5, 5.41) is 25.2. The zero-order valence-corrected chi connectivity index (χ0v) is 13.4. The fourth-order valence-electron chi connectivity index (χ4n) is 2.11. The minimum Gasteiger partial charge on any atom is -0.373 e. The summed E-state index contributed by atoms with van der Waals surface area (Å²) >= 11 is 0. The number of halogens is 3. The van der Waals surface area contributed by atoms with Crippen molar-refractivity contribution in [3.05, 3.63) is 32.1 Å². The van der Waals surface area contributed by atoms with Crippen LogP contribution in [-0.2, 0) is 6.18 Å². The number of benzene rings is 1. The average molecular weight is 361 g/mol. The molecule has 136 valence electrons. The molecule has 0 radical (unpaired) electrons. The summed E-state index contributed by atoms with van der Waals surface area (Å²) in [6.45, 7) is 5.14. The van der Waals surface area contributed by atoms with Gasteiger partial charge in [0.25, 0.3) is 0 Å². The monoisotopic (exact) mass is 361 g/mol. The van der Waals surface area contributed by atoms with Crippen LogP contribution in [0.2, 0.25) is 0 Å². The van der Waals surface area contributed by atoms with Gasteiger partial charge in [0.2, 0.25) is 5.82 Å². The Morgan fingerprint density at radius 1 is 1.20 bits per heavy atom. The van der Waals surface area contributed by atoms with E-state index in [0.717, 1.165) is 0 Å². The first kappa shape index (κ1) is 18.4. The summed E-state index contributed by atoms with van der Waals surface area (Å²) in [6.07, 6.45) is -4.40. The molecule has 12 heteroatoms. The highest BCUT2D eigenvalue weighted by molar-refractivity contribution is 5.99. The zero-order valence-electron chi connectivity index (χ0n) is 13.4. The molecule has 0 spiro atoms. The predicted octanol–water partition coefficient (Wildman–Crippen LogP) is 4.00. The first-order chi connectivity index (χ1) is 11.4. The Labute approximate surface area is 138 Å². The van der Waals surface area contributed by atoms with Crippen molar-refractivity contribution < 1.29 is 23.0 Å². The van der Waals surface area contributed by atoms with Crippen LogP contribution in [0.15, 0.2) is 6.07 Å². The zero-order chi connectivity index (χ0) is 19.2. The number of aromatic nitrogens is 2. The number of alkyl halides is 3. The van der Waals surface area contributed by atoms with Gasteiger partial charge in [-0.25, -0.2) is 4.98 Å². The standard InChI is InChI=1S/C13H14F3N5O4/c1-4-12(2,3)19-9-7(21(24)25)5-6(20(22)23)8-10(9)18-11(17-8)13(14,15)16/h5,19H,4H2,1-3H3,(H,17,18). The Balaban J connectivity index is 2.90. The van der Waals surface area contributed by atoms with Gasteiger partial charge >= 0.3 is 17.6 Å². The maximum absolute atomic E-state index is 12.9. The lowest BCUT2D eigenvalue weighted by atomic mass is 10.0. The third-order valence-electron chi connectivity index (χ3n) is 3.74. The number of nitro groups is 2. The van der Waals surface area contributed by atoms with E-state index in [0.29, 0.717) is 12.5 Å². The van der Waals surface area contributed by atoms with Crippen molar-refractivity contribution in [3.8, 4) is 0 Å². The molecule has 0 aliphatic carbocycles. The van der Waals surface area contributed by atoms with Crippen molar-refractivity contribution >= 4 is 28.1 Å². The SMILES string of the molecule is CCC(C)(C)Nc1c([N+](=O)[O-])cc([N+](=O)[O-])c2nc(C(F)(F)F)[nH]c12. The molecule has 0 aliphatic heterocycles. The maximum atomic E-state index is 12.9. The number of fused-ring (bicyclic) bond motifs is 1. The van der Waals surface area contributed by atoms with Gasteiger partial charge < -0.3 is 10.3 Å². The lowest BCUT2D eigenvalue weighted by molar-refractivity contribution is -0.392. The van der Waals surface area contributed by atoms with Gasteiger partial charge in [-0.3, -0.25) is 20.2 Å². The third kappa shape index (κ3) is 3.46. The molecular weight excluding hydrogens is 347 g/mol. The van der Waals surface area contributed by atoms with E-state index in [4.69, 9.17) is 0 Å². The molecule has 2 N–H and O–H groups in total. The Bertz CT molecular complexity index is 859. The number of hydrogen-bond acceptors (Lipinski definition) is 6. The quantitative estimate of drug-likeness (QED) is 0.612. The highest BCUT2D eigenvalue weighted by Gasteiger charge is 2.38. The fourth-order valence-corrected chi connectivity index (χ4v) is 2.11. The molecule has 0 saturated heterocycles. The molecule has 0 bridgehead atoms. The van der Waals surface area contributed by atoms with E-state index in [9.17, 15) is 33.4 Å². The molecule has 25 heavy (non-hydrogen) atoms. The smallest absolute Gasteiger partial charge is 0.373 e. The van der Waals surface area contributed by atoms with Gasteiger partial charge in [0.15, 0.2) is 5.52 Å². The van der Waals surface area contributed by atoms with E-state index < -0.39 is 49.8 Å². The van der Waals surface area contributed by atoms with Crippen LogP contribution >= 0.6 is 0 Å². The molecular formula is C13H14F3N5O4. The Hall–Kier alpha value is -2.92. The van der Waals surface area contributed by atoms with E-state index in [1.54, 1.807) is 20.8 Å². The molecule has 1 heterocycles. The number of nitro benzene ring substituents is 2. The molecule has 0 saturated carbocycles. The van der Waals surface area contributed by atoms with E-state index >= 15 is 0 Å². The van der Waals surface area contributed by atoms with Gasteiger partial charge in [0, 0.05) is 5.54 Å². The normalized spacial score (nSPS) is 12.4. The highest BCUT2D eigenvalue weighted by Crippen LogP contribution is 2.41. The molecule has 0 unspecified atom stereocenters. The second-order valence-electron chi connectivity index (χ2n) is 5.97. The Kier molecular flexibility index (Phi) is 4.32. The van der Waals surface area contributed by atoms with Crippen molar-refractivity contribution in [1.29, 1.82) is 0 Å². The van der Waals surface area contributed by atoms with Crippen LogP contribution in [0.1, 0.15) is 33.0 Å². The van der Waals surface area contributed by atoms with Crippen LogP contribution in [0.3, 0.4) is 0 Å². The van der Waals surface area contributed by atoms with Gasteiger partial charge in [-0.05, 0) is 20.3 Å². The van der Waals surface area contributed by atoms with Gasteiger partial charge in [0.1, 0.15) is 11.2 Å². The number of rotatable bonds is 5. The van der Waals surface area contributed by atoms with E-state index in [2.05, 4.69) is 10.3 Å². The van der Waals surface area contributed by atoms with Gasteiger partial charge in [0.05, 0.1) is 15.9 Å². The van der Waals surface area contributed by atoms with Crippen molar-refractivity contribution in [3.63, 3.8) is 0 Å². The average Bonchev–Trinajstić information content (AvgIpc) is 2.91. The van der Waals surface area contributed by atoms with Crippen LogP contribution in [0.25, 0.3) is 11.0 Å². The number of aromatic amines is 1. The number of non-ortho nitro benzene ring substituents is 1. The molecule has 0 fully saturated rings. The van der Waals surface area contributed by atoms with Gasteiger partial charge in [-0.1, -0.05) is 6.92 Å². The van der Waals surface area contributed by atoms with Crippen LogP contribution in [0.4, 0.5) is 30.2 Å². The molecule has 0 aliphatic rings. The summed E-state index contributed by atoms with van der Waals surface area (Å²) in [5.74, 6) is -1.47. The van der Waals surface area contributed by atoms with Gasteiger partial charge in [-0.2, -0.15) is 13.2 Å². The van der Waals surface area contributed by atoms with Crippen LogP contribution in [-0.4, -0.2) is 25.4 Å². The van der Waals surface area contributed by atoms with Crippen LogP contribution in [0, 0.1) is 20.2 Å². The third-order valence-corrected chi connectivity index (χ3v) is 3.74. The number of hydrogen-bond donors (Lipinski definition) is 2. The van der Waals surface area contributed by atoms with Crippen molar-refractivity contribution in [2.24, 2.45) is 0 Å². The van der Waals surface area contributed by atoms with E-state index in [1.165, 1.54) is 0 Å². The van der Waals surface area contributed by atoms with E-state index in [-0.39, 0.29) is 5.69 Å². The summed E-state index contributed by atoms with van der Waals surface area (Å²) in [4.78, 5) is 25.7. The number of nitrogens with zero attached hydrogens (tertiary/aromatic N) is 3. The number of H-pyrrole nitrogens is 1. The summed E-state index contributed by atoms with van der Waals surface area (Å²) in [5.41, 5.74) is -3.61. The van der Waals surface area contributed by atoms with Gasteiger partial charge in [-0.15, -0.1) is 0 Å². The molecule has 1 aromatic heterocycles.